The average Bonchev–Trinajstić information content (AvgIpc) is 2.58. The molecule has 2 aromatic carbocycles. The van der Waals surface area contributed by atoms with Crippen molar-refractivity contribution >= 4 is 23.3 Å². The largest absolute Gasteiger partial charge is 0.484 e. The number of nitro benzene ring substituents is 1. The number of ether oxygens (including phenoxy) is 2. The molecule has 0 atom stereocenters. The SMILES string of the molecule is Cc1cc(OCC(=O)Nc2cccc(OCC(=O)O)c2)ccc1[N+](=O)[O-]. The smallest absolute Gasteiger partial charge is 0.341 e. The van der Waals surface area contributed by atoms with Crippen LogP contribution in [0.3, 0.4) is 0 Å². The van der Waals surface area contributed by atoms with Gasteiger partial charge in [0.2, 0.25) is 0 Å². The summed E-state index contributed by atoms with van der Waals surface area (Å²) in [6.45, 7) is 0.797. The normalized spacial score (nSPS) is 10.0. The van der Waals surface area contributed by atoms with Gasteiger partial charge in [0.05, 0.1) is 4.92 Å². The van der Waals surface area contributed by atoms with Gasteiger partial charge in [0.15, 0.2) is 13.2 Å². The monoisotopic (exact) mass is 360 g/mol. The van der Waals surface area contributed by atoms with Crippen molar-refractivity contribution < 1.29 is 29.1 Å². The van der Waals surface area contributed by atoms with Crippen LogP contribution in [0.15, 0.2) is 42.5 Å². The first-order valence-corrected chi connectivity index (χ1v) is 7.47. The Labute approximate surface area is 148 Å². The fourth-order valence-corrected chi connectivity index (χ4v) is 2.08. The number of rotatable bonds is 8. The zero-order valence-electron chi connectivity index (χ0n) is 13.8. The zero-order chi connectivity index (χ0) is 19.1. The number of amides is 1. The molecule has 0 unspecified atom stereocenters. The van der Waals surface area contributed by atoms with E-state index in [-0.39, 0.29) is 12.3 Å². The van der Waals surface area contributed by atoms with Crippen LogP contribution in [0, 0.1) is 17.0 Å². The standard InChI is InChI=1S/C17H16N2O7/c1-11-7-14(5-6-15(11)19(23)24)25-9-16(20)18-12-3-2-4-13(8-12)26-10-17(21)22/h2-8H,9-10H2,1H3,(H,18,20)(H,21,22). The lowest BCUT2D eigenvalue weighted by Gasteiger charge is -2.09. The van der Waals surface area contributed by atoms with E-state index in [9.17, 15) is 19.7 Å². The maximum atomic E-state index is 11.9. The molecule has 0 aliphatic rings. The predicted molar refractivity (Wildman–Crippen MR) is 91.5 cm³/mol. The highest BCUT2D eigenvalue weighted by atomic mass is 16.6. The van der Waals surface area contributed by atoms with Crippen molar-refractivity contribution in [1.29, 1.82) is 0 Å². The van der Waals surface area contributed by atoms with Gasteiger partial charge in [0.25, 0.3) is 11.6 Å². The Morgan fingerprint density at radius 2 is 1.81 bits per heavy atom. The first-order valence-electron chi connectivity index (χ1n) is 7.47. The maximum Gasteiger partial charge on any atom is 0.341 e. The number of carbonyl (C=O) groups excluding carboxylic acids is 1. The van der Waals surface area contributed by atoms with Gasteiger partial charge in [0, 0.05) is 23.4 Å². The summed E-state index contributed by atoms with van der Waals surface area (Å²) < 4.78 is 10.3. The molecule has 0 heterocycles. The minimum Gasteiger partial charge on any atom is -0.484 e. The molecule has 0 aromatic heterocycles. The summed E-state index contributed by atoms with van der Waals surface area (Å²) in [4.78, 5) is 32.7. The first-order chi connectivity index (χ1) is 12.3. The molecule has 2 aromatic rings. The van der Waals surface area contributed by atoms with E-state index in [1.807, 2.05) is 0 Å². The number of nitrogens with one attached hydrogen (secondary N) is 1. The summed E-state index contributed by atoms with van der Waals surface area (Å²) in [5.74, 6) is -0.915. The number of nitro groups is 1. The Bertz CT molecular complexity index is 836. The van der Waals surface area contributed by atoms with Crippen molar-refractivity contribution in [2.24, 2.45) is 0 Å². The van der Waals surface area contributed by atoms with Crippen LogP contribution in [0.1, 0.15) is 5.56 Å². The van der Waals surface area contributed by atoms with E-state index in [0.29, 0.717) is 22.7 Å². The van der Waals surface area contributed by atoms with Crippen molar-refractivity contribution in [3.05, 3.63) is 58.1 Å². The second kappa shape index (κ2) is 8.47. The second-order valence-electron chi connectivity index (χ2n) is 5.25. The van der Waals surface area contributed by atoms with Crippen molar-refractivity contribution in [2.75, 3.05) is 18.5 Å². The lowest BCUT2D eigenvalue weighted by molar-refractivity contribution is -0.385. The minimum atomic E-state index is -1.11. The first kappa shape index (κ1) is 18.7. The van der Waals surface area contributed by atoms with E-state index in [2.05, 4.69) is 5.32 Å². The van der Waals surface area contributed by atoms with Crippen LogP contribution in [-0.4, -0.2) is 35.1 Å². The molecule has 0 saturated carbocycles. The molecule has 26 heavy (non-hydrogen) atoms. The number of aliphatic carboxylic acids is 1. The lowest BCUT2D eigenvalue weighted by atomic mass is 10.2. The average molecular weight is 360 g/mol. The van der Waals surface area contributed by atoms with E-state index < -0.39 is 23.4 Å². The molecule has 0 aliphatic heterocycles. The summed E-state index contributed by atoms with van der Waals surface area (Å²) in [5, 5.41) is 21.9. The maximum absolute atomic E-state index is 11.9. The summed E-state index contributed by atoms with van der Waals surface area (Å²) >= 11 is 0. The summed E-state index contributed by atoms with van der Waals surface area (Å²) in [6, 6.07) is 10.5. The third kappa shape index (κ3) is 5.48. The highest BCUT2D eigenvalue weighted by Gasteiger charge is 2.11. The molecule has 0 fully saturated rings. The van der Waals surface area contributed by atoms with E-state index in [1.54, 1.807) is 25.1 Å². The molecular weight excluding hydrogens is 344 g/mol. The number of aryl methyl sites for hydroxylation is 1. The van der Waals surface area contributed by atoms with E-state index >= 15 is 0 Å². The van der Waals surface area contributed by atoms with Gasteiger partial charge in [-0.05, 0) is 31.2 Å². The number of carboxylic acid groups (broad SMARTS) is 1. The Hall–Kier alpha value is -3.62. The highest BCUT2D eigenvalue weighted by Crippen LogP contribution is 2.23. The Morgan fingerprint density at radius 1 is 1.12 bits per heavy atom. The number of anilines is 1. The molecule has 9 heteroatoms. The van der Waals surface area contributed by atoms with Crippen LogP contribution < -0.4 is 14.8 Å². The van der Waals surface area contributed by atoms with Gasteiger partial charge in [-0.2, -0.15) is 0 Å². The van der Waals surface area contributed by atoms with Gasteiger partial charge in [-0.1, -0.05) is 6.07 Å². The summed E-state index contributed by atoms with van der Waals surface area (Å²) in [7, 11) is 0. The van der Waals surface area contributed by atoms with E-state index in [1.165, 1.54) is 24.3 Å². The Morgan fingerprint density at radius 3 is 2.46 bits per heavy atom. The summed E-state index contributed by atoms with van der Waals surface area (Å²) in [5.41, 5.74) is 0.817. The number of carboxylic acids is 1. The second-order valence-corrected chi connectivity index (χ2v) is 5.25. The van der Waals surface area contributed by atoms with Crippen molar-refractivity contribution in [2.45, 2.75) is 6.92 Å². The van der Waals surface area contributed by atoms with Gasteiger partial charge in [0.1, 0.15) is 11.5 Å². The molecule has 0 radical (unpaired) electrons. The fourth-order valence-electron chi connectivity index (χ4n) is 2.08. The molecule has 9 nitrogen and oxygen atoms in total. The summed E-state index contributed by atoms with van der Waals surface area (Å²) in [6.07, 6.45) is 0. The van der Waals surface area contributed by atoms with Gasteiger partial charge >= 0.3 is 5.97 Å². The van der Waals surface area contributed by atoms with Crippen LogP contribution in [0.5, 0.6) is 11.5 Å². The molecule has 0 aliphatic carbocycles. The molecule has 136 valence electrons. The quantitative estimate of drug-likeness (QED) is 0.546. The van der Waals surface area contributed by atoms with Crippen LogP contribution in [0.25, 0.3) is 0 Å². The van der Waals surface area contributed by atoms with Gasteiger partial charge in [-0.3, -0.25) is 14.9 Å². The van der Waals surface area contributed by atoms with Gasteiger partial charge in [-0.15, -0.1) is 0 Å². The highest BCUT2D eigenvalue weighted by molar-refractivity contribution is 5.92. The van der Waals surface area contributed by atoms with Gasteiger partial charge < -0.3 is 19.9 Å². The molecule has 1 amide bonds. The molecule has 0 spiro atoms. The molecular formula is C17H16N2O7. The van der Waals surface area contributed by atoms with E-state index in [4.69, 9.17) is 14.6 Å². The third-order valence-corrected chi connectivity index (χ3v) is 3.21. The number of nitrogens with zero attached hydrogens (tertiary/aromatic N) is 1. The van der Waals surface area contributed by atoms with Gasteiger partial charge in [-0.25, -0.2) is 4.79 Å². The molecule has 2 rings (SSSR count). The number of hydrogen-bond acceptors (Lipinski definition) is 6. The predicted octanol–water partition coefficient (Wildman–Crippen LogP) is 2.38. The Balaban J connectivity index is 1.91. The third-order valence-electron chi connectivity index (χ3n) is 3.21. The molecule has 2 N–H and O–H groups in total. The minimum absolute atomic E-state index is 0.0278. The van der Waals surface area contributed by atoms with Crippen molar-refractivity contribution in [1.82, 2.24) is 0 Å². The van der Waals surface area contributed by atoms with Crippen molar-refractivity contribution in [3.8, 4) is 11.5 Å². The zero-order valence-corrected chi connectivity index (χ0v) is 13.8. The van der Waals surface area contributed by atoms with Crippen LogP contribution in [0.4, 0.5) is 11.4 Å². The van der Waals surface area contributed by atoms with E-state index in [0.717, 1.165) is 0 Å². The number of hydrogen-bond donors (Lipinski definition) is 2. The number of benzene rings is 2. The van der Waals surface area contributed by atoms with Crippen LogP contribution >= 0.6 is 0 Å². The van der Waals surface area contributed by atoms with Crippen LogP contribution in [0.2, 0.25) is 0 Å². The Kier molecular flexibility index (Phi) is 6.10. The topological polar surface area (TPSA) is 128 Å². The van der Waals surface area contributed by atoms with Crippen molar-refractivity contribution in [3.63, 3.8) is 0 Å². The number of carbonyl (C=O) groups is 2. The molecule has 0 saturated heterocycles. The fraction of sp³-hybridized carbons (Fsp3) is 0.176. The van der Waals surface area contributed by atoms with Crippen LogP contribution in [-0.2, 0) is 9.59 Å². The molecule has 0 bridgehead atoms. The lowest BCUT2D eigenvalue weighted by Crippen LogP contribution is -2.20.